The molecule has 1 N–H and O–H groups in total. The zero-order chi connectivity index (χ0) is 17.1. The van der Waals surface area contributed by atoms with Gasteiger partial charge >= 0.3 is 0 Å². The molecule has 1 aromatic heterocycles. The Labute approximate surface area is 136 Å². The van der Waals surface area contributed by atoms with Crippen LogP contribution >= 0.6 is 0 Å². The largest absolute Gasteiger partial charge is 0.371 e. The Morgan fingerprint density at radius 2 is 2.00 bits per heavy atom. The summed E-state index contributed by atoms with van der Waals surface area (Å²) in [6.07, 6.45) is 1.74. The molecule has 2 aromatic carbocycles. The summed E-state index contributed by atoms with van der Waals surface area (Å²) in [7, 11) is 0. The summed E-state index contributed by atoms with van der Waals surface area (Å²) in [5.74, 6) is -0.657. The van der Waals surface area contributed by atoms with Crippen molar-refractivity contribution in [2.24, 2.45) is 0 Å². The summed E-state index contributed by atoms with van der Waals surface area (Å²) in [5.41, 5.74) is 1.37. The van der Waals surface area contributed by atoms with Crippen molar-refractivity contribution in [2.75, 3.05) is 5.32 Å². The molecule has 0 aliphatic rings. The number of rotatable bonds is 5. The number of hydrogen-bond donors (Lipinski definition) is 1. The maximum absolute atomic E-state index is 13.2. The predicted molar refractivity (Wildman–Crippen MR) is 86.5 cm³/mol. The number of nitro groups is 1. The summed E-state index contributed by atoms with van der Waals surface area (Å²) in [6.45, 7) is 1.80. The van der Waals surface area contributed by atoms with Crippen molar-refractivity contribution < 1.29 is 9.31 Å². The maximum atomic E-state index is 13.2. The smallest absolute Gasteiger partial charge is 0.295 e. The minimum Gasteiger partial charge on any atom is -0.371 e. The van der Waals surface area contributed by atoms with E-state index in [1.165, 1.54) is 12.1 Å². The van der Waals surface area contributed by atoms with Gasteiger partial charge in [0.25, 0.3) is 5.69 Å². The van der Waals surface area contributed by atoms with Gasteiger partial charge in [0.05, 0.1) is 28.9 Å². The summed E-state index contributed by atoms with van der Waals surface area (Å²) in [5, 5.41) is 22.2. The second-order valence-corrected chi connectivity index (χ2v) is 5.21. The Bertz CT molecular complexity index is 866. The van der Waals surface area contributed by atoms with Gasteiger partial charge in [-0.25, -0.2) is 9.07 Å². The fourth-order valence-corrected chi connectivity index (χ4v) is 2.27. The highest BCUT2D eigenvalue weighted by atomic mass is 19.1. The molecule has 24 heavy (non-hydrogen) atoms. The first-order valence-electron chi connectivity index (χ1n) is 7.23. The lowest BCUT2D eigenvalue weighted by molar-refractivity contribution is -0.384. The molecule has 0 aliphatic heterocycles. The Balaban J connectivity index is 1.82. The van der Waals surface area contributed by atoms with Crippen LogP contribution in [0.2, 0.25) is 0 Å². The zero-order valence-electron chi connectivity index (χ0n) is 12.8. The number of para-hydroxylation sites is 1. The molecule has 1 atom stereocenters. The molecular weight excluding hydrogens is 313 g/mol. The first kappa shape index (κ1) is 15.6. The number of halogens is 1. The number of anilines is 1. The van der Waals surface area contributed by atoms with Gasteiger partial charge in [-0.2, -0.15) is 0 Å². The second kappa shape index (κ2) is 6.45. The SMILES string of the molecule is CC(Nc1ccc(F)cc1[N+](=O)[O-])c1cn(-c2ccccc2)nn1. The van der Waals surface area contributed by atoms with Crippen molar-refractivity contribution in [3.8, 4) is 5.69 Å². The molecular formula is C16H14FN5O2. The van der Waals surface area contributed by atoms with Crippen molar-refractivity contribution in [3.63, 3.8) is 0 Å². The van der Waals surface area contributed by atoms with Crippen molar-refractivity contribution in [3.05, 3.63) is 76.4 Å². The van der Waals surface area contributed by atoms with Crippen LogP contribution in [0.1, 0.15) is 18.7 Å². The van der Waals surface area contributed by atoms with E-state index >= 15 is 0 Å². The molecule has 0 bridgehead atoms. The molecule has 3 rings (SSSR count). The van der Waals surface area contributed by atoms with Crippen LogP contribution in [0.5, 0.6) is 0 Å². The van der Waals surface area contributed by atoms with E-state index in [0.717, 1.165) is 11.8 Å². The third-order valence-electron chi connectivity index (χ3n) is 3.50. The van der Waals surface area contributed by atoms with Gasteiger partial charge in [0.15, 0.2) is 0 Å². The van der Waals surface area contributed by atoms with Crippen LogP contribution in [0.25, 0.3) is 5.69 Å². The molecule has 122 valence electrons. The Morgan fingerprint density at radius 3 is 2.71 bits per heavy atom. The standard InChI is InChI=1S/C16H14FN5O2/c1-11(18-14-8-7-12(17)9-16(14)22(23)24)15-10-21(20-19-15)13-5-3-2-4-6-13/h2-11,18H,1H3. The summed E-state index contributed by atoms with van der Waals surface area (Å²) < 4.78 is 14.8. The van der Waals surface area contributed by atoms with Crippen molar-refractivity contribution in [1.82, 2.24) is 15.0 Å². The predicted octanol–water partition coefficient (Wildman–Crippen LogP) is 3.49. The molecule has 0 aliphatic carbocycles. The molecule has 0 saturated carbocycles. The normalized spacial score (nSPS) is 11.9. The Kier molecular flexibility index (Phi) is 4.19. The van der Waals surface area contributed by atoms with Crippen LogP contribution in [0, 0.1) is 15.9 Å². The number of nitrogens with zero attached hydrogens (tertiary/aromatic N) is 4. The molecule has 0 spiro atoms. The number of nitro benzene ring substituents is 1. The van der Waals surface area contributed by atoms with Crippen molar-refractivity contribution >= 4 is 11.4 Å². The lowest BCUT2D eigenvalue weighted by atomic mass is 10.2. The van der Waals surface area contributed by atoms with Crippen LogP contribution in [-0.2, 0) is 0 Å². The van der Waals surface area contributed by atoms with Crippen molar-refractivity contribution in [1.29, 1.82) is 0 Å². The van der Waals surface area contributed by atoms with Crippen LogP contribution in [0.4, 0.5) is 15.8 Å². The highest BCUT2D eigenvalue weighted by Gasteiger charge is 2.18. The molecule has 7 nitrogen and oxygen atoms in total. The molecule has 0 saturated heterocycles. The average molecular weight is 327 g/mol. The van der Waals surface area contributed by atoms with E-state index in [9.17, 15) is 14.5 Å². The van der Waals surface area contributed by atoms with E-state index in [-0.39, 0.29) is 17.4 Å². The number of aromatic nitrogens is 3. The van der Waals surface area contributed by atoms with Gasteiger partial charge in [-0.15, -0.1) is 5.10 Å². The quantitative estimate of drug-likeness (QED) is 0.572. The second-order valence-electron chi connectivity index (χ2n) is 5.21. The van der Waals surface area contributed by atoms with Crippen LogP contribution in [0.15, 0.2) is 54.7 Å². The van der Waals surface area contributed by atoms with Crippen LogP contribution in [-0.4, -0.2) is 19.9 Å². The van der Waals surface area contributed by atoms with Gasteiger partial charge in [-0.1, -0.05) is 23.4 Å². The lowest BCUT2D eigenvalue weighted by Gasteiger charge is -2.12. The highest BCUT2D eigenvalue weighted by Crippen LogP contribution is 2.28. The molecule has 8 heteroatoms. The van der Waals surface area contributed by atoms with Gasteiger partial charge in [0.1, 0.15) is 17.2 Å². The molecule has 0 amide bonds. The fraction of sp³-hybridized carbons (Fsp3) is 0.125. The van der Waals surface area contributed by atoms with Gasteiger partial charge in [0.2, 0.25) is 0 Å². The van der Waals surface area contributed by atoms with E-state index in [1.54, 1.807) is 17.8 Å². The highest BCUT2D eigenvalue weighted by molar-refractivity contribution is 5.62. The third-order valence-corrected chi connectivity index (χ3v) is 3.50. The first-order valence-corrected chi connectivity index (χ1v) is 7.23. The minimum absolute atomic E-state index is 0.225. The summed E-state index contributed by atoms with van der Waals surface area (Å²) in [6, 6.07) is 12.5. The van der Waals surface area contributed by atoms with E-state index in [4.69, 9.17) is 0 Å². The van der Waals surface area contributed by atoms with Gasteiger partial charge in [0, 0.05) is 0 Å². The third kappa shape index (κ3) is 3.22. The van der Waals surface area contributed by atoms with E-state index in [2.05, 4.69) is 15.6 Å². The zero-order valence-corrected chi connectivity index (χ0v) is 12.8. The van der Waals surface area contributed by atoms with Crippen LogP contribution < -0.4 is 5.32 Å². The van der Waals surface area contributed by atoms with E-state index in [0.29, 0.717) is 5.69 Å². The molecule has 1 heterocycles. The molecule has 1 unspecified atom stereocenters. The fourth-order valence-electron chi connectivity index (χ4n) is 2.27. The summed E-state index contributed by atoms with van der Waals surface area (Å²) in [4.78, 5) is 10.4. The maximum Gasteiger partial charge on any atom is 0.295 e. The van der Waals surface area contributed by atoms with Crippen LogP contribution in [0.3, 0.4) is 0 Å². The Hall–Kier alpha value is -3.29. The average Bonchev–Trinajstić information content (AvgIpc) is 3.07. The Morgan fingerprint density at radius 1 is 1.25 bits per heavy atom. The van der Waals surface area contributed by atoms with Gasteiger partial charge < -0.3 is 5.32 Å². The monoisotopic (exact) mass is 327 g/mol. The topological polar surface area (TPSA) is 85.9 Å². The lowest BCUT2D eigenvalue weighted by Crippen LogP contribution is -2.09. The summed E-state index contributed by atoms with van der Waals surface area (Å²) >= 11 is 0. The van der Waals surface area contributed by atoms with E-state index < -0.39 is 10.7 Å². The minimum atomic E-state index is -0.657. The van der Waals surface area contributed by atoms with E-state index in [1.807, 2.05) is 30.3 Å². The molecule has 0 radical (unpaired) electrons. The van der Waals surface area contributed by atoms with Gasteiger partial charge in [-0.3, -0.25) is 10.1 Å². The first-order chi connectivity index (χ1) is 11.5. The molecule has 0 fully saturated rings. The number of nitrogens with one attached hydrogen (secondary N) is 1. The van der Waals surface area contributed by atoms with Gasteiger partial charge in [-0.05, 0) is 31.2 Å². The molecule has 3 aromatic rings. The number of hydrogen-bond acceptors (Lipinski definition) is 5. The van der Waals surface area contributed by atoms with Crippen molar-refractivity contribution in [2.45, 2.75) is 13.0 Å². The number of benzene rings is 2.